The molecule has 198 valence electrons. The van der Waals surface area contributed by atoms with E-state index in [1.807, 2.05) is 4.90 Å². The van der Waals surface area contributed by atoms with Crippen molar-refractivity contribution in [2.75, 3.05) is 25.1 Å². The summed E-state index contributed by atoms with van der Waals surface area (Å²) in [5.74, 6) is -0.742. The lowest BCUT2D eigenvalue weighted by Crippen LogP contribution is -2.49. The van der Waals surface area contributed by atoms with Crippen LogP contribution < -0.4 is 15.8 Å². The fourth-order valence-corrected chi connectivity index (χ4v) is 4.53. The van der Waals surface area contributed by atoms with E-state index in [4.69, 9.17) is 21.1 Å². The van der Waals surface area contributed by atoms with Gasteiger partial charge in [0.1, 0.15) is 22.6 Å². The lowest BCUT2D eigenvalue weighted by molar-refractivity contribution is 0.0498. The van der Waals surface area contributed by atoms with Crippen LogP contribution in [0.25, 0.3) is 11.0 Å². The number of aromatic amines is 1. The highest BCUT2D eigenvalue weighted by Crippen LogP contribution is 2.27. The maximum Gasteiger partial charge on any atom is 0.407 e. The minimum Gasteiger partial charge on any atom is -0.464 e. The summed E-state index contributed by atoms with van der Waals surface area (Å²) in [6, 6.07) is 5.23. The summed E-state index contributed by atoms with van der Waals surface area (Å²) < 4.78 is 25.8. The molecule has 1 fully saturated rings. The molecule has 0 spiro atoms. The number of benzene rings is 1. The lowest BCUT2D eigenvalue weighted by Gasteiger charge is -2.34. The number of hydrogen-bond donors (Lipinski definition) is 2. The Morgan fingerprint density at radius 3 is 2.76 bits per heavy atom. The average Bonchev–Trinajstić information content (AvgIpc) is 3.18. The van der Waals surface area contributed by atoms with Gasteiger partial charge in [0.15, 0.2) is 0 Å². The maximum absolute atomic E-state index is 14.0. The Balaban J connectivity index is 1.74. The molecule has 37 heavy (non-hydrogen) atoms. The van der Waals surface area contributed by atoms with Gasteiger partial charge in [-0.05, 0) is 63.4 Å². The number of carbonyl (C=O) groups excluding carboxylic acids is 2. The van der Waals surface area contributed by atoms with Gasteiger partial charge in [0.25, 0.3) is 5.56 Å². The fourth-order valence-electron chi connectivity index (χ4n) is 4.35. The van der Waals surface area contributed by atoms with Gasteiger partial charge in [-0.25, -0.2) is 19.0 Å². The Morgan fingerprint density at radius 1 is 1.30 bits per heavy atom. The quantitative estimate of drug-likeness (QED) is 0.478. The van der Waals surface area contributed by atoms with E-state index in [1.165, 1.54) is 31.4 Å². The first kappa shape index (κ1) is 26.5. The summed E-state index contributed by atoms with van der Waals surface area (Å²) in [5.41, 5.74) is -0.291. The van der Waals surface area contributed by atoms with E-state index < -0.39 is 29.0 Å². The van der Waals surface area contributed by atoms with Crippen LogP contribution in [0.2, 0.25) is 5.02 Å². The predicted molar refractivity (Wildman–Crippen MR) is 137 cm³/mol. The summed E-state index contributed by atoms with van der Waals surface area (Å²) in [5, 5.41) is 3.23. The van der Waals surface area contributed by atoms with Gasteiger partial charge in [0, 0.05) is 24.2 Å². The zero-order chi connectivity index (χ0) is 26.9. The Bertz CT molecular complexity index is 1400. The number of methoxy groups -OCH3 is 1. The monoisotopic (exact) mass is 533 g/mol. The van der Waals surface area contributed by atoms with E-state index in [2.05, 4.69) is 15.3 Å². The molecule has 3 aromatic rings. The number of H-pyrrole nitrogens is 1. The van der Waals surface area contributed by atoms with E-state index in [1.54, 1.807) is 25.3 Å². The van der Waals surface area contributed by atoms with Crippen LogP contribution in [0.5, 0.6) is 0 Å². The third kappa shape index (κ3) is 6.04. The van der Waals surface area contributed by atoms with Gasteiger partial charge in [-0.15, -0.1) is 0 Å². The molecule has 1 aromatic carbocycles. The number of nitrogens with zero attached hydrogens (tertiary/aromatic N) is 3. The average molecular weight is 534 g/mol. The third-order valence-electron chi connectivity index (χ3n) is 5.89. The molecule has 0 bridgehead atoms. The summed E-state index contributed by atoms with van der Waals surface area (Å²) in [4.78, 5) is 46.7. The van der Waals surface area contributed by atoms with Crippen molar-refractivity contribution in [3.8, 4) is 0 Å². The van der Waals surface area contributed by atoms with E-state index in [9.17, 15) is 18.8 Å². The second-order valence-electron chi connectivity index (χ2n) is 9.90. The van der Waals surface area contributed by atoms with Crippen LogP contribution in [-0.4, -0.2) is 58.4 Å². The largest absolute Gasteiger partial charge is 0.464 e. The van der Waals surface area contributed by atoms with Crippen molar-refractivity contribution in [1.82, 2.24) is 19.9 Å². The van der Waals surface area contributed by atoms with Gasteiger partial charge in [-0.3, -0.25) is 4.79 Å². The van der Waals surface area contributed by atoms with Crippen molar-refractivity contribution < 1.29 is 23.5 Å². The molecule has 0 radical (unpaired) electrons. The number of carbonyl (C=O) groups is 2. The first-order chi connectivity index (χ1) is 17.4. The summed E-state index contributed by atoms with van der Waals surface area (Å²) in [6.45, 7) is 6.44. The number of piperidine rings is 1. The van der Waals surface area contributed by atoms with Crippen LogP contribution in [0.15, 0.2) is 29.1 Å². The zero-order valence-electron chi connectivity index (χ0n) is 21.1. The highest BCUT2D eigenvalue weighted by atomic mass is 35.5. The van der Waals surface area contributed by atoms with E-state index in [0.717, 1.165) is 12.8 Å². The Kier molecular flexibility index (Phi) is 7.44. The number of ether oxygens (including phenoxy) is 2. The first-order valence-corrected chi connectivity index (χ1v) is 12.2. The van der Waals surface area contributed by atoms with Gasteiger partial charge >= 0.3 is 12.1 Å². The number of amides is 1. The van der Waals surface area contributed by atoms with Crippen LogP contribution in [0.1, 0.15) is 49.7 Å². The molecule has 2 N–H and O–H groups in total. The highest BCUT2D eigenvalue weighted by Gasteiger charge is 2.28. The number of halogens is 2. The van der Waals surface area contributed by atoms with Crippen molar-refractivity contribution in [2.45, 2.75) is 51.8 Å². The van der Waals surface area contributed by atoms with Crippen LogP contribution in [0.4, 0.5) is 15.1 Å². The molecule has 3 heterocycles. The van der Waals surface area contributed by atoms with Gasteiger partial charge in [-0.2, -0.15) is 0 Å². The van der Waals surface area contributed by atoms with Crippen molar-refractivity contribution in [2.24, 2.45) is 0 Å². The Morgan fingerprint density at radius 2 is 2.05 bits per heavy atom. The molecule has 1 amide bonds. The molecule has 0 aliphatic carbocycles. The number of imidazole rings is 1. The number of fused-ring (bicyclic) bond motifs is 1. The molecule has 1 aliphatic heterocycles. The van der Waals surface area contributed by atoms with Gasteiger partial charge in [-0.1, -0.05) is 11.6 Å². The predicted octanol–water partition coefficient (Wildman–Crippen LogP) is 3.85. The molecule has 1 atom stereocenters. The molecule has 2 aromatic heterocycles. The standard InChI is InChI=1S/C25H29ClFN5O5/c1-25(2,3)37-24(35)28-16-6-5-9-31(13-16)23-30-18-11-19(22(34)36-4)29-21(33)20(18)32(23)12-14-10-15(27)7-8-17(14)26/h7-8,10-11,16H,5-6,9,12-13H2,1-4H3,(H,28,35)(H,29,33)/t16-/m1/s1. The zero-order valence-corrected chi connectivity index (χ0v) is 21.8. The van der Waals surface area contributed by atoms with Crippen LogP contribution in [-0.2, 0) is 16.0 Å². The smallest absolute Gasteiger partial charge is 0.407 e. The number of hydrogen-bond acceptors (Lipinski definition) is 7. The molecular formula is C25H29ClFN5O5. The van der Waals surface area contributed by atoms with E-state index in [0.29, 0.717) is 29.6 Å². The minimum atomic E-state index is -0.706. The van der Waals surface area contributed by atoms with Crippen LogP contribution >= 0.6 is 11.6 Å². The highest BCUT2D eigenvalue weighted by molar-refractivity contribution is 6.31. The number of pyridine rings is 1. The normalized spacial score (nSPS) is 16.1. The molecule has 0 saturated carbocycles. The molecule has 1 saturated heterocycles. The Labute approximate surface area is 217 Å². The van der Waals surface area contributed by atoms with Crippen molar-refractivity contribution in [3.63, 3.8) is 0 Å². The molecule has 1 aliphatic rings. The number of esters is 1. The van der Waals surface area contributed by atoms with Crippen molar-refractivity contribution in [1.29, 1.82) is 0 Å². The van der Waals surface area contributed by atoms with E-state index in [-0.39, 0.29) is 29.3 Å². The maximum atomic E-state index is 14.0. The number of anilines is 1. The second kappa shape index (κ2) is 10.4. The van der Waals surface area contributed by atoms with Gasteiger partial charge in [0.2, 0.25) is 5.95 Å². The van der Waals surface area contributed by atoms with Gasteiger partial charge in [0.05, 0.1) is 19.2 Å². The lowest BCUT2D eigenvalue weighted by atomic mass is 10.1. The third-order valence-corrected chi connectivity index (χ3v) is 6.25. The summed E-state index contributed by atoms with van der Waals surface area (Å²) >= 11 is 6.34. The SMILES string of the molecule is COC(=O)c1cc2nc(N3CCC[C@@H](NC(=O)OC(C)(C)C)C3)n(Cc3cc(F)ccc3Cl)c2c(=O)[nH]1. The van der Waals surface area contributed by atoms with Crippen molar-refractivity contribution in [3.05, 3.63) is 56.7 Å². The summed E-state index contributed by atoms with van der Waals surface area (Å²) in [7, 11) is 1.21. The number of rotatable bonds is 5. The van der Waals surface area contributed by atoms with Crippen LogP contribution in [0, 0.1) is 5.82 Å². The topological polar surface area (TPSA) is 119 Å². The molecule has 12 heteroatoms. The molecule has 10 nitrogen and oxygen atoms in total. The second-order valence-corrected chi connectivity index (χ2v) is 10.3. The Hall–Kier alpha value is -3.60. The van der Waals surface area contributed by atoms with Crippen LogP contribution in [0.3, 0.4) is 0 Å². The van der Waals surface area contributed by atoms with E-state index >= 15 is 0 Å². The van der Waals surface area contributed by atoms with Crippen molar-refractivity contribution >= 4 is 40.6 Å². The molecule has 4 rings (SSSR count). The number of aromatic nitrogens is 3. The first-order valence-electron chi connectivity index (χ1n) is 11.9. The molecule has 0 unspecified atom stereocenters. The summed E-state index contributed by atoms with van der Waals surface area (Å²) in [6.07, 6.45) is 0.964. The number of nitrogens with one attached hydrogen (secondary N) is 2. The fraction of sp³-hybridized carbons (Fsp3) is 0.440. The number of alkyl carbamates (subject to hydrolysis) is 1. The van der Waals surface area contributed by atoms with Gasteiger partial charge < -0.3 is 29.2 Å². The minimum absolute atomic E-state index is 0.0388. The molecular weight excluding hydrogens is 505 g/mol.